The zero-order chi connectivity index (χ0) is 25.3. The lowest BCUT2D eigenvalue weighted by molar-refractivity contribution is 0.281. The van der Waals surface area contributed by atoms with Crippen molar-refractivity contribution in [3.8, 4) is 17.5 Å². The second kappa shape index (κ2) is 10.1. The van der Waals surface area contributed by atoms with Crippen LogP contribution in [0.15, 0.2) is 57.8 Å². The summed E-state index contributed by atoms with van der Waals surface area (Å²) in [5.41, 5.74) is 1.91. The van der Waals surface area contributed by atoms with E-state index in [2.05, 4.69) is 22.9 Å². The molecule has 2 fully saturated rings. The molecule has 3 aromatic rings. The van der Waals surface area contributed by atoms with Crippen LogP contribution in [0, 0.1) is 17.2 Å². The first-order valence-corrected chi connectivity index (χ1v) is 13.9. The molecule has 3 heterocycles. The van der Waals surface area contributed by atoms with Crippen LogP contribution < -0.4 is 9.80 Å². The molecule has 1 unspecified atom stereocenters. The average molecular weight is 526 g/mol. The van der Waals surface area contributed by atoms with Crippen LogP contribution in [-0.4, -0.2) is 57.0 Å². The number of piperazine rings is 1. The predicted octanol–water partition coefficient (Wildman–Crippen LogP) is 4.61. The largest absolute Gasteiger partial charge is 0.419 e. The van der Waals surface area contributed by atoms with Gasteiger partial charge in [0.2, 0.25) is 27.5 Å². The Balaban J connectivity index is 1.31. The van der Waals surface area contributed by atoms with E-state index in [1.165, 1.54) is 0 Å². The van der Waals surface area contributed by atoms with Gasteiger partial charge in [-0.25, -0.2) is 8.42 Å². The minimum absolute atomic E-state index is 0.222. The van der Waals surface area contributed by atoms with E-state index in [1.807, 2.05) is 29.2 Å². The van der Waals surface area contributed by atoms with Gasteiger partial charge in [0.25, 0.3) is 0 Å². The van der Waals surface area contributed by atoms with Crippen LogP contribution >= 0.6 is 11.6 Å². The highest BCUT2D eigenvalue weighted by Gasteiger charge is 2.29. The summed E-state index contributed by atoms with van der Waals surface area (Å²) in [7, 11) is -3.54. The first-order chi connectivity index (χ1) is 17.3. The van der Waals surface area contributed by atoms with Gasteiger partial charge in [-0.15, -0.1) is 0 Å². The van der Waals surface area contributed by atoms with Crippen LogP contribution in [0.4, 0.5) is 11.6 Å². The molecule has 36 heavy (non-hydrogen) atoms. The summed E-state index contributed by atoms with van der Waals surface area (Å²) >= 11 is 6.14. The number of anilines is 2. The summed E-state index contributed by atoms with van der Waals surface area (Å²) in [6, 6.07) is 16.5. The normalized spacial score (nSPS) is 19.3. The van der Waals surface area contributed by atoms with Gasteiger partial charge in [0.1, 0.15) is 6.07 Å². The summed E-state index contributed by atoms with van der Waals surface area (Å²) in [6.45, 7) is 6.01. The Bertz CT molecular complexity index is 1380. The van der Waals surface area contributed by atoms with Crippen LogP contribution in [0.5, 0.6) is 0 Å². The van der Waals surface area contributed by atoms with Gasteiger partial charge in [-0.1, -0.05) is 24.6 Å². The predicted molar refractivity (Wildman–Crippen MR) is 140 cm³/mol. The Labute approximate surface area is 216 Å². The van der Waals surface area contributed by atoms with Crippen molar-refractivity contribution in [2.24, 2.45) is 5.92 Å². The lowest BCUT2D eigenvalue weighted by Gasteiger charge is -2.35. The van der Waals surface area contributed by atoms with E-state index in [-0.39, 0.29) is 10.6 Å². The second-order valence-corrected chi connectivity index (χ2v) is 11.7. The molecular formula is C26H28ClN5O3S. The van der Waals surface area contributed by atoms with Crippen molar-refractivity contribution < 1.29 is 12.8 Å². The molecule has 8 nitrogen and oxygen atoms in total. The Kier molecular flexibility index (Phi) is 6.93. The lowest BCUT2D eigenvalue weighted by Crippen LogP contribution is -2.46. The molecule has 2 aliphatic rings. The molecular weight excluding hydrogens is 498 g/mol. The van der Waals surface area contributed by atoms with E-state index >= 15 is 0 Å². The molecule has 2 aromatic carbocycles. The van der Waals surface area contributed by atoms with Gasteiger partial charge >= 0.3 is 0 Å². The van der Waals surface area contributed by atoms with E-state index in [4.69, 9.17) is 16.0 Å². The number of nitriles is 1. The molecule has 0 spiro atoms. The number of hydrogen-bond acceptors (Lipinski definition) is 7. The highest BCUT2D eigenvalue weighted by Crippen LogP contribution is 2.31. The maximum atomic E-state index is 13.1. The van der Waals surface area contributed by atoms with Crippen molar-refractivity contribution >= 4 is 33.2 Å². The number of nitrogens with zero attached hydrogens (tertiary/aromatic N) is 5. The number of aromatic nitrogens is 1. The van der Waals surface area contributed by atoms with Gasteiger partial charge in [0.05, 0.1) is 4.90 Å². The summed E-state index contributed by atoms with van der Waals surface area (Å²) in [5.74, 6) is 1.10. The van der Waals surface area contributed by atoms with Crippen LogP contribution in [0.1, 0.15) is 25.5 Å². The maximum absolute atomic E-state index is 13.1. The Morgan fingerprint density at radius 1 is 1.06 bits per heavy atom. The van der Waals surface area contributed by atoms with Gasteiger partial charge in [-0.2, -0.15) is 14.6 Å². The molecule has 0 saturated carbocycles. The molecule has 0 bridgehead atoms. The molecule has 1 atom stereocenters. The monoisotopic (exact) mass is 525 g/mol. The number of benzene rings is 2. The third-order valence-electron chi connectivity index (χ3n) is 6.81. The fourth-order valence-electron chi connectivity index (χ4n) is 4.85. The van der Waals surface area contributed by atoms with E-state index in [9.17, 15) is 13.7 Å². The van der Waals surface area contributed by atoms with Crippen molar-refractivity contribution in [3.63, 3.8) is 0 Å². The van der Waals surface area contributed by atoms with Gasteiger partial charge in [0.15, 0.2) is 0 Å². The standard InChI is InChI=1S/C26H28ClN5O3S/c1-19-4-3-11-32(18-19)36(33,34)23-9-7-20(8-10-23)25-29-24(17-28)26(35-25)31-14-12-30(13-15-31)22-6-2-5-21(27)16-22/h2,5-10,16,19H,3-4,11-15,18H2,1H3. The highest BCUT2D eigenvalue weighted by atomic mass is 35.5. The van der Waals surface area contributed by atoms with Crippen molar-refractivity contribution in [3.05, 3.63) is 59.2 Å². The van der Waals surface area contributed by atoms with Crippen LogP contribution in [0.2, 0.25) is 5.02 Å². The quantitative estimate of drug-likeness (QED) is 0.480. The van der Waals surface area contributed by atoms with E-state index in [0.29, 0.717) is 54.5 Å². The van der Waals surface area contributed by atoms with E-state index in [0.717, 1.165) is 31.6 Å². The molecule has 0 N–H and O–H groups in total. The highest BCUT2D eigenvalue weighted by molar-refractivity contribution is 7.89. The summed E-state index contributed by atoms with van der Waals surface area (Å²) < 4.78 is 33.7. The third kappa shape index (κ3) is 4.94. The molecule has 0 aliphatic carbocycles. The maximum Gasteiger partial charge on any atom is 0.243 e. The number of sulfonamides is 1. The zero-order valence-corrected chi connectivity index (χ0v) is 21.7. The first-order valence-electron chi connectivity index (χ1n) is 12.1. The molecule has 2 aliphatic heterocycles. The number of rotatable bonds is 5. The van der Waals surface area contributed by atoms with Crippen LogP contribution in [-0.2, 0) is 10.0 Å². The van der Waals surface area contributed by atoms with Gasteiger partial charge in [-0.05, 0) is 61.2 Å². The van der Waals surface area contributed by atoms with Gasteiger partial charge in [0, 0.05) is 55.5 Å². The fourth-order valence-corrected chi connectivity index (χ4v) is 6.63. The van der Waals surface area contributed by atoms with Crippen LogP contribution in [0.3, 0.4) is 0 Å². The summed E-state index contributed by atoms with van der Waals surface area (Å²) in [4.78, 5) is 8.91. The van der Waals surface area contributed by atoms with Crippen molar-refractivity contribution in [2.45, 2.75) is 24.7 Å². The molecule has 5 rings (SSSR count). The molecule has 0 amide bonds. The third-order valence-corrected chi connectivity index (χ3v) is 8.93. The van der Waals surface area contributed by atoms with Crippen molar-refractivity contribution in [2.75, 3.05) is 49.1 Å². The van der Waals surface area contributed by atoms with E-state index < -0.39 is 10.0 Å². The van der Waals surface area contributed by atoms with E-state index in [1.54, 1.807) is 28.6 Å². The molecule has 0 radical (unpaired) electrons. The topological polar surface area (TPSA) is 93.7 Å². The number of halogens is 1. The average Bonchev–Trinajstić information content (AvgIpc) is 3.33. The summed E-state index contributed by atoms with van der Waals surface area (Å²) in [5, 5.41) is 10.4. The molecule has 10 heteroatoms. The smallest absolute Gasteiger partial charge is 0.243 e. The lowest BCUT2D eigenvalue weighted by atomic mass is 10.0. The van der Waals surface area contributed by atoms with Crippen LogP contribution in [0.25, 0.3) is 11.5 Å². The first kappa shape index (κ1) is 24.6. The van der Waals surface area contributed by atoms with Gasteiger partial charge < -0.3 is 14.2 Å². The Morgan fingerprint density at radius 3 is 2.44 bits per heavy atom. The van der Waals surface area contributed by atoms with Gasteiger partial charge in [-0.3, -0.25) is 0 Å². The molecule has 2 saturated heterocycles. The van der Waals surface area contributed by atoms with Crippen molar-refractivity contribution in [1.29, 1.82) is 5.26 Å². The fraction of sp³-hybridized carbons (Fsp3) is 0.385. The minimum atomic E-state index is -3.54. The molecule has 188 valence electrons. The SMILES string of the molecule is CC1CCCN(S(=O)(=O)c2ccc(-c3nc(C#N)c(N4CCN(c5cccc(Cl)c5)CC4)o3)cc2)C1. The number of hydrogen-bond donors (Lipinski definition) is 0. The zero-order valence-electron chi connectivity index (χ0n) is 20.1. The second-order valence-electron chi connectivity index (χ2n) is 9.37. The number of oxazole rings is 1. The Morgan fingerprint density at radius 2 is 1.78 bits per heavy atom. The Hall–Kier alpha value is -3.06. The van der Waals surface area contributed by atoms with Crippen molar-refractivity contribution in [1.82, 2.24) is 9.29 Å². The summed E-state index contributed by atoms with van der Waals surface area (Å²) in [6.07, 6.45) is 1.93. The molecule has 1 aromatic heterocycles. The number of piperidine rings is 1. The minimum Gasteiger partial charge on any atom is -0.419 e.